The summed E-state index contributed by atoms with van der Waals surface area (Å²) in [7, 11) is 0. The van der Waals surface area contributed by atoms with Crippen molar-refractivity contribution < 1.29 is 14.3 Å². The van der Waals surface area contributed by atoms with Gasteiger partial charge in [0.05, 0.1) is 17.0 Å². The fraction of sp³-hybridized carbons (Fsp3) is 0.421. The standard InChI is InChI=1S/C19H22ClNO3S/c1-14(16-7-8-17(20)25-16)21-18(22)19(9-11-23-12-10-19)24-13-15-5-3-2-4-6-15/h2-8,14H,9-13H2,1H3,(H,21,22). The first-order valence-electron chi connectivity index (χ1n) is 8.41. The van der Waals surface area contributed by atoms with Crippen LogP contribution in [0.15, 0.2) is 42.5 Å². The van der Waals surface area contributed by atoms with Gasteiger partial charge in [-0.25, -0.2) is 0 Å². The minimum Gasteiger partial charge on any atom is -0.381 e. The average Bonchev–Trinajstić information content (AvgIpc) is 3.08. The van der Waals surface area contributed by atoms with Crippen LogP contribution in [-0.2, 0) is 20.9 Å². The highest BCUT2D eigenvalue weighted by Gasteiger charge is 2.41. The van der Waals surface area contributed by atoms with Crippen molar-refractivity contribution in [3.63, 3.8) is 0 Å². The molecular formula is C19H22ClNO3S. The van der Waals surface area contributed by atoms with E-state index in [0.29, 0.717) is 32.7 Å². The number of amides is 1. The molecule has 134 valence electrons. The lowest BCUT2D eigenvalue weighted by Crippen LogP contribution is -2.52. The summed E-state index contributed by atoms with van der Waals surface area (Å²) >= 11 is 7.48. The fourth-order valence-corrected chi connectivity index (χ4v) is 3.96. The minimum absolute atomic E-state index is 0.0799. The summed E-state index contributed by atoms with van der Waals surface area (Å²) in [5.74, 6) is -0.0799. The van der Waals surface area contributed by atoms with Crippen LogP contribution in [0.1, 0.15) is 36.2 Å². The Morgan fingerprint density at radius 2 is 2.00 bits per heavy atom. The van der Waals surface area contributed by atoms with Gasteiger partial charge in [-0.3, -0.25) is 4.79 Å². The molecule has 1 N–H and O–H groups in total. The minimum atomic E-state index is -0.844. The summed E-state index contributed by atoms with van der Waals surface area (Å²) in [6, 6.07) is 13.6. The maximum Gasteiger partial charge on any atom is 0.252 e. The zero-order valence-corrected chi connectivity index (χ0v) is 15.7. The number of hydrogen-bond acceptors (Lipinski definition) is 4. The summed E-state index contributed by atoms with van der Waals surface area (Å²) in [4.78, 5) is 14.0. The van der Waals surface area contributed by atoms with E-state index in [1.54, 1.807) is 0 Å². The van der Waals surface area contributed by atoms with E-state index in [1.165, 1.54) is 11.3 Å². The zero-order valence-electron chi connectivity index (χ0n) is 14.2. The molecule has 1 amide bonds. The number of ether oxygens (including phenoxy) is 2. The Labute approximate surface area is 157 Å². The third-order valence-electron chi connectivity index (χ3n) is 4.44. The van der Waals surface area contributed by atoms with Gasteiger partial charge in [0.2, 0.25) is 0 Å². The lowest BCUT2D eigenvalue weighted by molar-refractivity contribution is -0.164. The number of thiophene rings is 1. The van der Waals surface area contributed by atoms with Crippen molar-refractivity contribution in [1.29, 1.82) is 0 Å². The van der Waals surface area contributed by atoms with Crippen molar-refractivity contribution in [3.05, 3.63) is 57.2 Å². The second-order valence-electron chi connectivity index (χ2n) is 6.22. The van der Waals surface area contributed by atoms with E-state index in [0.717, 1.165) is 14.8 Å². The predicted octanol–water partition coefficient (Wildman–Crippen LogP) is 4.34. The molecule has 0 bridgehead atoms. The molecule has 1 aliphatic rings. The van der Waals surface area contributed by atoms with E-state index < -0.39 is 5.60 Å². The molecule has 1 aromatic heterocycles. The SMILES string of the molecule is CC(NC(=O)C1(OCc2ccccc2)CCOCC1)c1ccc(Cl)s1. The van der Waals surface area contributed by atoms with E-state index >= 15 is 0 Å². The number of hydrogen-bond donors (Lipinski definition) is 1. The van der Waals surface area contributed by atoms with E-state index in [4.69, 9.17) is 21.1 Å². The van der Waals surface area contributed by atoms with Crippen molar-refractivity contribution in [1.82, 2.24) is 5.32 Å². The second-order valence-corrected chi connectivity index (χ2v) is 7.96. The molecule has 1 saturated heterocycles. The summed E-state index contributed by atoms with van der Waals surface area (Å²) in [6.45, 7) is 3.43. The van der Waals surface area contributed by atoms with Crippen LogP contribution in [0.25, 0.3) is 0 Å². The normalized spacial score (nSPS) is 17.8. The van der Waals surface area contributed by atoms with Crippen molar-refractivity contribution in [2.45, 2.75) is 38.0 Å². The first-order chi connectivity index (χ1) is 12.1. The Bertz CT molecular complexity index is 698. The van der Waals surface area contributed by atoms with Gasteiger partial charge < -0.3 is 14.8 Å². The fourth-order valence-electron chi connectivity index (χ4n) is 2.89. The molecule has 0 spiro atoms. The van der Waals surface area contributed by atoms with Crippen LogP contribution in [0.3, 0.4) is 0 Å². The van der Waals surface area contributed by atoms with Gasteiger partial charge >= 0.3 is 0 Å². The maximum atomic E-state index is 13.0. The summed E-state index contributed by atoms with van der Waals surface area (Å²) in [5, 5.41) is 3.09. The average molecular weight is 380 g/mol. The third-order valence-corrected chi connectivity index (χ3v) is 5.85. The molecule has 0 radical (unpaired) electrons. The van der Waals surface area contributed by atoms with Crippen LogP contribution >= 0.6 is 22.9 Å². The van der Waals surface area contributed by atoms with E-state index in [9.17, 15) is 4.79 Å². The molecule has 0 saturated carbocycles. The van der Waals surface area contributed by atoms with Crippen LogP contribution in [0.4, 0.5) is 0 Å². The Hall–Kier alpha value is -1.40. The number of carbonyl (C=O) groups is 1. The highest BCUT2D eigenvalue weighted by Crippen LogP contribution is 2.30. The van der Waals surface area contributed by atoms with E-state index in [1.807, 2.05) is 49.4 Å². The highest BCUT2D eigenvalue weighted by molar-refractivity contribution is 7.16. The second kappa shape index (κ2) is 8.32. The molecular weight excluding hydrogens is 358 g/mol. The van der Waals surface area contributed by atoms with Crippen molar-refractivity contribution in [3.8, 4) is 0 Å². The van der Waals surface area contributed by atoms with Crippen molar-refractivity contribution >= 4 is 28.8 Å². The Morgan fingerprint density at radius 3 is 2.64 bits per heavy atom. The van der Waals surface area contributed by atoms with Crippen LogP contribution < -0.4 is 5.32 Å². The van der Waals surface area contributed by atoms with E-state index in [2.05, 4.69) is 5.32 Å². The largest absolute Gasteiger partial charge is 0.381 e. The molecule has 1 aromatic carbocycles. The number of carbonyl (C=O) groups excluding carboxylic acids is 1. The van der Waals surface area contributed by atoms with Crippen LogP contribution in [0.2, 0.25) is 4.34 Å². The molecule has 4 nitrogen and oxygen atoms in total. The molecule has 0 aliphatic carbocycles. The van der Waals surface area contributed by atoms with Crippen LogP contribution in [0, 0.1) is 0 Å². The first kappa shape index (κ1) is 18.4. The van der Waals surface area contributed by atoms with Crippen molar-refractivity contribution in [2.24, 2.45) is 0 Å². The lowest BCUT2D eigenvalue weighted by atomic mass is 9.92. The number of nitrogens with one attached hydrogen (secondary N) is 1. The molecule has 3 rings (SSSR count). The quantitative estimate of drug-likeness (QED) is 0.811. The highest BCUT2D eigenvalue weighted by atomic mass is 35.5. The smallest absolute Gasteiger partial charge is 0.252 e. The molecule has 1 fully saturated rings. The predicted molar refractivity (Wildman–Crippen MR) is 99.9 cm³/mol. The van der Waals surface area contributed by atoms with Crippen LogP contribution in [0.5, 0.6) is 0 Å². The van der Waals surface area contributed by atoms with Gasteiger partial charge in [-0.2, -0.15) is 0 Å². The molecule has 2 heterocycles. The Balaban J connectivity index is 1.69. The van der Waals surface area contributed by atoms with Gasteiger partial charge in [0.25, 0.3) is 5.91 Å². The molecule has 1 aliphatic heterocycles. The van der Waals surface area contributed by atoms with Gasteiger partial charge in [-0.15, -0.1) is 11.3 Å². The zero-order chi connectivity index (χ0) is 17.7. The summed E-state index contributed by atoms with van der Waals surface area (Å²) in [6.07, 6.45) is 1.12. The maximum absolute atomic E-state index is 13.0. The van der Waals surface area contributed by atoms with Crippen LogP contribution in [-0.4, -0.2) is 24.7 Å². The lowest BCUT2D eigenvalue weighted by Gasteiger charge is -2.36. The summed E-state index contributed by atoms with van der Waals surface area (Å²) < 4.78 is 12.3. The molecule has 1 unspecified atom stereocenters. The summed E-state index contributed by atoms with van der Waals surface area (Å²) in [5.41, 5.74) is 0.211. The van der Waals surface area contributed by atoms with Gasteiger partial charge in [0.15, 0.2) is 5.60 Å². The molecule has 6 heteroatoms. The molecule has 1 atom stereocenters. The first-order valence-corrected chi connectivity index (χ1v) is 9.60. The molecule has 25 heavy (non-hydrogen) atoms. The van der Waals surface area contributed by atoms with Gasteiger partial charge in [0.1, 0.15) is 0 Å². The van der Waals surface area contributed by atoms with Crippen molar-refractivity contribution in [2.75, 3.05) is 13.2 Å². The number of halogens is 1. The molecule has 2 aromatic rings. The third kappa shape index (κ3) is 4.61. The Morgan fingerprint density at radius 1 is 1.28 bits per heavy atom. The number of benzene rings is 1. The van der Waals surface area contributed by atoms with Gasteiger partial charge in [0, 0.05) is 30.9 Å². The van der Waals surface area contributed by atoms with E-state index in [-0.39, 0.29) is 11.9 Å². The van der Waals surface area contributed by atoms with Gasteiger partial charge in [-0.05, 0) is 24.6 Å². The number of rotatable bonds is 6. The Kier molecular flexibility index (Phi) is 6.12. The monoisotopic (exact) mass is 379 g/mol. The van der Waals surface area contributed by atoms with Gasteiger partial charge in [-0.1, -0.05) is 41.9 Å². The topological polar surface area (TPSA) is 47.6 Å².